The fourth-order valence-electron chi connectivity index (χ4n) is 3.15. The molecule has 1 aromatic heterocycles. The van der Waals surface area contributed by atoms with E-state index >= 15 is 0 Å². The molecular formula is C13H14Cl2N4O. The first-order valence-electron chi connectivity index (χ1n) is 6.44. The molecule has 0 radical (unpaired) electrons. The Balaban J connectivity index is 1.87. The minimum atomic E-state index is -0.111. The molecule has 0 unspecified atom stereocenters. The lowest BCUT2D eigenvalue weighted by Gasteiger charge is -2.28. The zero-order valence-electron chi connectivity index (χ0n) is 10.8. The van der Waals surface area contributed by atoms with Gasteiger partial charge in [-0.1, -0.05) is 23.8 Å². The molecule has 0 saturated heterocycles. The van der Waals surface area contributed by atoms with E-state index in [2.05, 4.69) is 32.8 Å². The second-order valence-electron chi connectivity index (χ2n) is 5.09. The lowest BCUT2D eigenvalue weighted by Crippen LogP contribution is -2.42. The maximum atomic E-state index is 12.1. The average molecular weight is 313 g/mol. The first kappa shape index (κ1) is 13.6. The van der Waals surface area contributed by atoms with Crippen molar-refractivity contribution in [3.05, 3.63) is 28.7 Å². The molecule has 1 saturated carbocycles. The Morgan fingerprint density at radius 1 is 1.35 bits per heavy atom. The summed E-state index contributed by atoms with van der Waals surface area (Å²) >= 11 is 11.9. The summed E-state index contributed by atoms with van der Waals surface area (Å²) in [6, 6.07) is -0.0200. The van der Waals surface area contributed by atoms with Gasteiger partial charge in [-0.25, -0.2) is 4.98 Å². The van der Waals surface area contributed by atoms with Crippen molar-refractivity contribution in [2.75, 3.05) is 12.4 Å². The van der Waals surface area contributed by atoms with Crippen LogP contribution in [0, 0.1) is 17.8 Å². The third-order valence-corrected chi connectivity index (χ3v) is 4.49. The van der Waals surface area contributed by atoms with Gasteiger partial charge in [-0.2, -0.15) is 4.98 Å². The van der Waals surface area contributed by atoms with Crippen LogP contribution in [0.25, 0.3) is 0 Å². The second kappa shape index (κ2) is 5.22. The van der Waals surface area contributed by atoms with E-state index in [-0.39, 0.29) is 29.1 Å². The Hall–Kier alpha value is -1.33. The van der Waals surface area contributed by atoms with Crippen LogP contribution >= 0.6 is 23.2 Å². The monoisotopic (exact) mass is 312 g/mol. The Morgan fingerprint density at radius 2 is 2.10 bits per heavy atom. The standard InChI is InChI=1S/C13H14Cl2N4O/c1-16-12(20)9-6-2-3-7(4-6)10(9)18-11-8(14)5-17-13(15)19-11/h2-3,5-7,9-10H,4H2,1H3,(H,16,20)(H,17,18,19)/t6-,7+,9+,10-/m0/s1. The number of carbonyl (C=O) groups is 1. The van der Waals surface area contributed by atoms with Crippen molar-refractivity contribution < 1.29 is 4.79 Å². The fraction of sp³-hybridized carbons (Fsp3) is 0.462. The number of halogens is 2. The molecule has 3 rings (SSSR count). The van der Waals surface area contributed by atoms with Crippen LogP contribution in [0.3, 0.4) is 0 Å². The third-order valence-electron chi connectivity index (χ3n) is 4.03. The van der Waals surface area contributed by atoms with Gasteiger partial charge in [0.2, 0.25) is 11.2 Å². The number of anilines is 1. The molecule has 0 aliphatic heterocycles. The Labute approximate surface area is 126 Å². The van der Waals surface area contributed by atoms with E-state index in [0.717, 1.165) is 6.42 Å². The highest BCUT2D eigenvalue weighted by atomic mass is 35.5. The first-order chi connectivity index (χ1) is 9.60. The molecule has 2 N–H and O–H groups in total. The summed E-state index contributed by atoms with van der Waals surface area (Å²) in [6.45, 7) is 0. The van der Waals surface area contributed by atoms with Crippen LogP contribution in [0.15, 0.2) is 18.3 Å². The van der Waals surface area contributed by atoms with E-state index in [0.29, 0.717) is 16.8 Å². The summed E-state index contributed by atoms with van der Waals surface area (Å²) in [5.41, 5.74) is 0. The smallest absolute Gasteiger partial charge is 0.225 e. The highest BCUT2D eigenvalue weighted by Crippen LogP contribution is 2.45. The summed E-state index contributed by atoms with van der Waals surface area (Å²) < 4.78 is 0. The van der Waals surface area contributed by atoms with Crippen molar-refractivity contribution in [1.29, 1.82) is 0 Å². The number of rotatable bonds is 3. The number of nitrogens with zero attached hydrogens (tertiary/aromatic N) is 2. The van der Waals surface area contributed by atoms with Crippen LogP contribution < -0.4 is 10.6 Å². The molecule has 0 aromatic carbocycles. The molecule has 5 nitrogen and oxygen atoms in total. The van der Waals surface area contributed by atoms with Gasteiger partial charge in [0.1, 0.15) is 10.8 Å². The molecule has 7 heteroatoms. The maximum absolute atomic E-state index is 12.1. The molecule has 2 aliphatic rings. The molecule has 1 fully saturated rings. The van der Waals surface area contributed by atoms with Crippen molar-refractivity contribution in [3.63, 3.8) is 0 Å². The van der Waals surface area contributed by atoms with Gasteiger partial charge in [-0.05, 0) is 29.9 Å². The summed E-state index contributed by atoms with van der Waals surface area (Å²) in [5, 5.41) is 6.53. The normalized spacial score (nSPS) is 30.6. The summed E-state index contributed by atoms with van der Waals surface area (Å²) in [4.78, 5) is 20.0. The number of fused-ring (bicyclic) bond motifs is 2. The van der Waals surface area contributed by atoms with Crippen molar-refractivity contribution in [1.82, 2.24) is 15.3 Å². The van der Waals surface area contributed by atoms with Gasteiger partial charge in [0.05, 0.1) is 12.1 Å². The number of carbonyl (C=O) groups excluding carboxylic acids is 1. The fourth-order valence-corrected chi connectivity index (χ4v) is 3.43. The van der Waals surface area contributed by atoms with E-state index in [1.54, 1.807) is 7.05 Å². The van der Waals surface area contributed by atoms with E-state index in [1.165, 1.54) is 6.20 Å². The number of nitrogens with one attached hydrogen (secondary N) is 2. The number of aromatic nitrogens is 2. The van der Waals surface area contributed by atoms with Gasteiger partial charge in [0, 0.05) is 13.1 Å². The van der Waals surface area contributed by atoms with E-state index in [9.17, 15) is 4.79 Å². The second-order valence-corrected chi connectivity index (χ2v) is 5.84. The number of hydrogen-bond donors (Lipinski definition) is 2. The molecule has 106 valence electrons. The van der Waals surface area contributed by atoms with Crippen LogP contribution in [0.1, 0.15) is 6.42 Å². The van der Waals surface area contributed by atoms with Crippen molar-refractivity contribution in [2.45, 2.75) is 12.5 Å². The minimum Gasteiger partial charge on any atom is -0.365 e. The van der Waals surface area contributed by atoms with Crippen molar-refractivity contribution in [2.24, 2.45) is 17.8 Å². The SMILES string of the molecule is CNC(=O)[C@H]1[C@@H](Nc2nc(Cl)ncc2Cl)[C@@H]2C=C[C@H]1C2. The molecule has 2 aliphatic carbocycles. The molecule has 1 heterocycles. The van der Waals surface area contributed by atoms with Crippen molar-refractivity contribution in [3.8, 4) is 0 Å². The molecular weight excluding hydrogens is 299 g/mol. The van der Waals surface area contributed by atoms with E-state index < -0.39 is 0 Å². The quantitative estimate of drug-likeness (QED) is 0.663. The maximum Gasteiger partial charge on any atom is 0.225 e. The molecule has 2 bridgehead atoms. The van der Waals surface area contributed by atoms with Crippen LogP contribution in [0.4, 0.5) is 5.82 Å². The molecule has 20 heavy (non-hydrogen) atoms. The lowest BCUT2D eigenvalue weighted by atomic mass is 9.88. The topological polar surface area (TPSA) is 66.9 Å². The molecule has 1 amide bonds. The van der Waals surface area contributed by atoms with Gasteiger partial charge >= 0.3 is 0 Å². The average Bonchev–Trinajstić information content (AvgIpc) is 3.03. The predicted molar refractivity (Wildman–Crippen MR) is 77.8 cm³/mol. The van der Waals surface area contributed by atoms with E-state index in [4.69, 9.17) is 23.2 Å². The van der Waals surface area contributed by atoms with E-state index in [1.807, 2.05) is 0 Å². The van der Waals surface area contributed by atoms with Crippen LogP contribution in [0.2, 0.25) is 10.3 Å². The number of amides is 1. The first-order valence-corrected chi connectivity index (χ1v) is 7.20. The summed E-state index contributed by atoms with van der Waals surface area (Å²) in [7, 11) is 1.66. The zero-order chi connectivity index (χ0) is 14.3. The van der Waals surface area contributed by atoms with Gasteiger partial charge in [0.25, 0.3) is 0 Å². The van der Waals surface area contributed by atoms with Gasteiger partial charge in [-0.3, -0.25) is 4.79 Å². The van der Waals surface area contributed by atoms with Gasteiger partial charge < -0.3 is 10.6 Å². The van der Waals surface area contributed by atoms with Crippen LogP contribution in [0.5, 0.6) is 0 Å². The summed E-state index contributed by atoms with van der Waals surface area (Å²) in [6.07, 6.45) is 6.71. The zero-order valence-corrected chi connectivity index (χ0v) is 12.3. The molecule has 1 aromatic rings. The van der Waals surface area contributed by atoms with Crippen molar-refractivity contribution >= 4 is 34.9 Å². The highest BCUT2D eigenvalue weighted by molar-refractivity contribution is 6.33. The van der Waals surface area contributed by atoms with Gasteiger partial charge in [-0.15, -0.1) is 0 Å². The van der Waals surface area contributed by atoms with Crippen LogP contribution in [-0.4, -0.2) is 29.0 Å². The summed E-state index contributed by atoms with van der Waals surface area (Å²) in [5.74, 6) is 0.989. The highest BCUT2D eigenvalue weighted by Gasteiger charge is 2.48. The minimum absolute atomic E-state index is 0.0200. The number of allylic oxidation sites excluding steroid dienone is 1. The predicted octanol–water partition coefficient (Wildman–Crippen LogP) is 2.13. The largest absolute Gasteiger partial charge is 0.365 e. The lowest BCUT2D eigenvalue weighted by molar-refractivity contribution is -0.125. The van der Waals surface area contributed by atoms with Crippen LogP contribution in [-0.2, 0) is 4.79 Å². The van der Waals surface area contributed by atoms with Gasteiger partial charge in [0.15, 0.2) is 0 Å². The molecule has 4 atom stereocenters. The Morgan fingerprint density at radius 3 is 2.85 bits per heavy atom. The Kier molecular flexibility index (Phi) is 3.56. The number of hydrogen-bond acceptors (Lipinski definition) is 4. The third kappa shape index (κ3) is 2.25. The molecule has 0 spiro atoms. The Bertz CT molecular complexity index is 577.